The number of ether oxygens (including phenoxy) is 2. The van der Waals surface area contributed by atoms with Gasteiger partial charge in [0.15, 0.2) is 0 Å². The largest absolute Gasteiger partial charge is 0.493 e. The number of benzene rings is 1. The lowest BCUT2D eigenvalue weighted by Gasteiger charge is -2.17. The zero-order chi connectivity index (χ0) is 14.7. The Labute approximate surface area is 127 Å². The summed E-state index contributed by atoms with van der Waals surface area (Å²) in [5.41, 5.74) is 3.54. The van der Waals surface area contributed by atoms with Gasteiger partial charge in [0.2, 0.25) is 0 Å². The molecule has 2 atom stereocenters. The first-order valence-corrected chi connectivity index (χ1v) is 8.03. The molecule has 3 heteroatoms. The Bertz CT molecular complexity index is 471. The van der Waals surface area contributed by atoms with Crippen LogP contribution in [-0.4, -0.2) is 18.8 Å². The SMILES string of the molecule is CCCOc1c(C)cc(Cl)c(C)c1CCC1OC1CC. The summed E-state index contributed by atoms with van der Waals surface area (Å²) in [6.45, 7) is 9.21. The standard InChI is InChI=1S/C17H25ClO2/c1-5-9-19-17-11(3)10-14(18)12(4)13(17)7-8-16-15(6-2)20-16/h10,15-16H,5-9H2,1-4H3. The second kappa shape index (κ2) is 6.82. The second-order valence-electron chi connectivity index (χ2n) is 5.62. The van der Waals surface area contributed by atoms with Crippen LogP contribution in [0.1, 0.15) is 49.8 Å². The monoisotopic (exact) mass is 296 g/mol. The van der Waals surface area contributed by atoms with Gasteiger partial charge in [0, 0.05) is 5.02 Å². The average molecular weight is 297 g/mol. The molecule has 0 aliphatic carbocycles. The Morgan fingerprint density at radius 2 is 2.00 bits per heavy atom. The highest BCUT2D eigenvalue weighted by molar-refractivity contribution is 6.31. The van der Waals surface area contributed by atoms with Gasteiger partial charge in [-0.25, -0.2) is 0 Å². The summed E-state index contributed by atoms with van der Waals surface area (Å²) in [7, 11) is 0. The topological polar surface area (TPSA) is 21.8 Å². The van der Waals surface area contributed by atoms with Crippen LogP contribution in [0.3, 0.4) is 0 Å². The van der Waals surface area contributed by atoms with Gasteiger partial charge in [-0.1, -0.05) is 25.4 Å². The number of halogens is 1. The fraction of sp³-hybridized carbons (Fsp3) is 0.647. The molecule has 2 rings (SSSR count). The van der Waals surface area contributed by atoms with E-state index < -0.39 is 0 Å². The van der Waals surface area contributed by atoms with Crippen LogP contribution < -0.4 is 4.74 Å². The van der Waals surface area contributed by atoms with Gasteiger partial charge in [-0.05, 0) is 62.3 Å². The molecule has 1 fully saturated rings. The van der Waals surface area contributed by atoms with E-state index in [1.165, 1.54) is 5.56 Å². The highest BCUT2D eigenvalue weighted by atomic mass is 35.5. The fourth-order valence-electron chi connectivity index (χ4n) is 2.70. The molecule has 1 aromatic rings. The Morgan fingerprint density at radius 3 is 2.60 bits per heavy atom. The van der Waals surface area contributed by atoms with Crippen molar-refractivity contribution in [2.45, 2.75) is 65.6 Å². The van der Waals surface area contributed by atoms with E-state index in [9.17, 15) is 0 Å². The van der Waals surface area contributed by atoms with Crippen molar-refractivity contribution >= 4 is 11.6 Å². The molecule has 0 radical (unpaired) electrons. The van der Waals surface area contributed by atoms with Crippen LogP contribution in [0.4, 0.5) is 0 Å². The summed E-state index contributed by atoms with van der Waals surface area (Å²) in [6, 6.07) is 2.01. The van der Waals surface area contributed by atoms with E-state index in [1.54, 1.807) is 0 Å². The Kier molecular flexibility index (Phi) is 5.34. The van der Waals surface area contributed by atoms with Crippen LogP contribution in [0.2, 0.25) is 5.02 Å². The van der Waals surface area contributed by atoms with Crippen LogP contribution in [0.15, 0.2) is 6.07 Å². The summed E-state index contributed by atoms with van der Waals surface area (Å²) in [5.74, 6) is 1.03. The summed E-state index contributed by atoms with van der Waals surface area (Å²) < 4.78 is 11.6. The number of aryl methyl sites for hydroxylation is 1. The van der Waals surface area contributed by atoms with Gasteiger partial charge in [-0.2, -0.15) is 0 Å². The van der Waals surface area contributed by atoms with E-state index in [-0.39, 0.29) is 0 Å². The molecular formula is C17H25ClO2. The van der Waals surface area contributed by atoms with E-state index in [4.69, 9.17) is 21.1 Å². The lowest BCUT2D eigenvalue weighted by atomic mass is 9.98. The molecule has 0 spiro atoms. The number of epoxide rings is 1. The summed E-state index contributed by atoms with van der Waals surface area (Å²) in [5, 5.41) is 0.838. The molecule has 20 heavy (non-hydrogen) atoms. The maximum absolute atomic E-state index is 6.33. The van der Waals surface area contributed by atoms with Gasteiger partial charge in [0.1, 0.15) is 5.75 Å². The highest BCUT2D eigenvalue weighted by Crippen LogP contribution is 2.36. The maximum Gasteiger partial charge on any atom is 0.125 e. The summed E-state index contributed by atoms with van der Waals surface area (Å²) in [4.78, 5) is 0. The van der Waals surface area contributed by atoms with Crippen LogP contribution in [0.5, 0.6) is 5.75 Å². The van der Waals surface area contributed by atoms with Crippen LogP contribution in [0.25, 0.3) is 0 Å². The molecule has 0 aromatic heterocycles. The Morgan fingerprint density at radius 1 is 1.25 bits per heavy atom. The first-order valence-electron chi connectivity index (χ1n) is 7.65. The van der Waals surface area contributed by atoms with Gasteiger partial charge in [0.25, 0.3) is 0 Å². The summed E-state index contributed by atoms with van der Waals surface area (Å²) in [6.07, 6.45) is 5.06. The zero-order valence-corrected chi connectivity index (χ0v) is 13.7. The van der Waals surface area contributed by atoms with Crippen molar-refractivity contribution in [3.05, 3.63) is 27.8 Å². The van der Waals surface area contributed by atoms with E-state index in [1.807, 2.05) is 6.07 Å². The lowest BCUT2D eigenvalue weighted by Crippen LogP contribution is -2.05. The third-order valence-corrected chi connectivity index (χ3v) is 4.40. The van der Waals surface area contributed by atoms with Crippen molar-refractivity contribution in [2.75, 3.05) is 6.61 Å². The van der Waals surface area contributed by atoms with Crippen LogP contribution in [-0.2, 0) is 11.2 Å². The molecule has 0 N–H and O–H groups in total. The van der Waals surface area contributed by atoms with E-state index in [0.717, 1.165) is 54.2 Å². The van der Waals surface area contributed by atoms with Crippen molar-refractivity contribution in [1.29, 1.82) is 0 Å². The molecular weight excluding hydrogens is 272 g/mol. The van der Waals surface area contributed by atoms with Crippen molar-refractivity contribution in [1.82, 2.24) is 0 Å². The first kappa shape index (κ1) is 15.7. The van der Waals surface area contributed by atoms with Gasteiger partial charge in [0.05, 0.1) is 18.8 Å². The van der Waals surface area contributed by atoms with E-state index >= 15 is 0 Å². The highest BCUT2D eigenvalue weighted by Gasteiger charge is 2.36. The molecule has 1 aromatic carbocycles. The normalized spacial score (nSPS) is 21.1. The zero-order valence-electron chi connectivity index (χ0n) is 13.0. The third-order valence-electron chi connectivity index (χ3n) is 4.01. The molecule has 2 unspecified atom stereocenters. The van der Waals surface area contributed by atoms with Crippen LogP contribution in [0, 0.1) is 13.8 Å². The molecule has 1 aliphatic heterocycles. The van der Waals surface area contributed by atoms with Crippen molar-refractivity contribution < 1.29 is 9.47 Å². The predicted molar refractivity (Wildman–Crippen MR) is 84.0 cm³/mol. The maximum atomic E-state index is 6.33. The summed E-state index contributed by atoms with van der Waals surface area (Å²) >= 11 is 6.33. The van der Waals surface area contributed by atoms with Crippen molar-refractivity contribution in [3.63, 3.8) is 0 Å². The molecule has 0 bridgehead atoms. The second-order valence-corrected chi connectivity index (χ2v) is 6.02. The van der Waals surface area contributed by atoms with Crippen molar-refractivity contribution in [2.24, 2.45) is 0 Å². The minimum absolute atomic E-state index is 0.428. The smallest absolute Gasteiger partial charge is 0.125 e. The predicted octanol–water partition coefficient (Wildman–Crippen LogP) is 4.86. The Balaban J connectivity index is 2.15. The third kappa shape index (κ3) is 3.48. The molecule has 0 saturated carbocycles. The minimum Gasteiger partial charge on any atom is -0.493 e. The minimum atomic E-state index is 0.428. The fourth-order valence-corrected chi connectivity index (χ4v) is 2.98. The van der Waals surface area contributed by atoms with E-state index in [2.05, 4.69) is 27.7 Å². The molecule has 0 amide bonds. The van der Waals surface area contributed by atoms with Gasteiger partial charge >= 0.3 is 0 Å². The molecule has 112 valence electrons. The van der Waals surface area contributed by atoms with E-state index in [0.29, 0.717) is 12.2 Å². The number of hydrogen-bond acceptors (Lipinski definition) is 2. The van der Waals surface area contributed by atoms with Gasteiger partial charge in [-0.3, -0.25) is 0 Å². The van der Waals surface area contributed by atoms with Gasteiger partial charge < -0.3 is 9.47 Å². The first-order chi connectivity index (χ1) is 9.58. The van der Waals surface area contributed by atoms with Crippen molar-refractivity contribution in [3.8, 4) is 5.75 Å². The molecule has 2 nitrogen and oxygen atoms in total. The number of rotatable bonds is 7. The lowest BCUT2D eigenvalue weighted by molar-refractivity contribution is 0.310. The molecule has 1 saturated heterocycles. The molecule has 1 heterocycles. The van der Waals surface area contributed by atoms with Crippen LogP contribution >= 0.6 is 11.6 Å². The number of hydrogen-bond donors (Lipinski definition) is 0. The quantitative estimate of drug-likeness (QED) is 0.671. The molecule has 1 aliphatic rings. The average Bonchev–Trinajstić information content (AvgIpc) is 3.18. The Hall–Kier alpha value is -0.730. The van der Waals surface area contributed by atoms with Gasteiger partial charge in [-0.15, -0.1) is 0 Å².